The number of aromatic nitrogens is 1. The molecular weight excluding hydrogens is 352 g/mol. The van der Waals surface area contributed by atoms with Crippen LogP contribution in [0.2, 0.25) is 0 Å². The highest BCUT2D eigenvalue weighted by atomic mass is 32.1. The minimum absolute atomic E-state index is 0.0322. The highest BCUT2D eigenvalue weighted by Gasteiger charge is 2.26. The summed E-state index contributed by atoms with van der Waals surface area (Å²) in [5.41, 5.74) is 12.5. The molecule has 0 atom stereocenters. The summed E-state index contributed by atoms with van der Waals surface area (Å²) in [6, 6.07) is 19.6. The molecule has 0 unspecified atom stereocenters. The van der Waals surface area contributed by atoms with Crippen LogP contribution >= 0.6 is 11.3 Å². The number of rotatable bonds is 3. The van der Waals surface area contributed by atoms with Gasteiger partial charge in [0.25, 0.3) is 0 Å². The topological polar surface area (TPSA) is 56.0 Å². The number of nitrogen functional groups attached to an aromatic ring is 1. The lowest BCUT2D eigenvalue weighted by Crippen LogP contribution is -2.02. The number of hydrogen-bond acceptors (Lipinski definition) is 4. The van der Waals surface area contributed by atoms with Crippen LogP contribution in [0, 0.1) is 0 Å². The van der Waals surface area contributed by atoms with Crippen molar-refractivity contribution in [3.63, 3.8) is 0 Å². The summed E-state index contributed by atoms with van der Waals surface area (Å²) in [6.07, 6.45) is 3.12. The lowest BCUT2D eigenvalue weighted by atomic mass is 9.95. The van der Waals surface area contributed by atoms with Crippen molar-refractivity contribution in [1.82, 2.24) is 4.98 Å². The van der Waals surface area contributed by atoms with E-state index in [1.807, 2.05) is 48.5 Å². The van der Waals surface area contributed by atoms with E-state index in [9.17, 15) is 4.79 Å². The molecule has 27 heavy (non-hydrogen) atoms. The second kappa shape index (κ2) is 6.32. The maximum atomic E-state index is 13.0. The SMILES string of the molecule is Nc1c(C(=O)c2ccccc2)sc2nc3c(c(-c4ccccc4)c12)CCC3. The standard InChI is InChI=1S/C23H18N2OS/c24-20-19-18(14-8-3-1-4-9-14)16-12-7-13-17(16)25-23(19)27-22(20)21(26)15-10-5-2-6-11-15/h1-6,8-11H,7,12-13,24H2. The smallest absolute Gasteiger partial charge is 0.205 e. The molecule has 0 bridgehead atoms. The quantitative estimate of drug-likeness (QED) is 0.500. The second-order valence-electron chi connectivity index (χ2n) is 6.85. The van der Waals surface area contributed by atoms with Crippen molar-refractivity contribution >= 4 is 33.0 Å². The first-order chi connectivity index (χ1) is 13.2. The van der Waals surface area contributed by atoms with E-state index in [1.165, 1.54) is 16.9 Å². The van der Waals surface area contributed by atoms with E-state index in [4.69, 9.17) is 10.7 Å². The third-order valence-electron chi connectivity index (χ3n) is 5.21. The summed E-state index contributed by atoms with van der Waals surface area (Å²) in [4.78, 5) is 19.4. The Morgan fingerprint density at radius 2 is 1.67 bits per heavy atom. The Bertz CT molecular complexity index is 1160. The van der Waals surface area contributed by atoms with Crippen molar-refractivity contribution in [3.8, 4) is 11.1 Å². The molecule has 2 heterocycles. The fourth-order valence-corrected chi connectivity index (χ4v) is 5.04. The lowest BCUT2D eigenvalue weighted by Gasteiger charge is -2.11. The molecule has 2 aromatic carbocycles. The molecule has 0 aliphatic heterocycles. The molecule has 0 amide bonds. The second-order valence-corrected chi connectivity index (χ2v) is 7.85. The Labute approximate surface area is 161 Å². The van der Waals surface area contributed by atoms with Gasteiger partial charge < -0.3 is 5.73 Å². The fourth-order valence-electron chi connectivity index (χ4n) is 3.96. The number of carbonyl (C=O) groups excluding carboxylic acids is 1. The van der Waals surface area contributed by atoms with Crippen molar-refractivity contribution in [3.05, 3.63) is 82.4 Å². The number of hydrogen-bond donors (Lipinski definition) is 1. The molecule has 2 N–H and O–H groups in total. The molecule has 2 aromatic heterocycles. The molecule has 1 aliphatic carbocycles. The van der Waals surface area contributed by atoms with Gasteiger partial charge in [-0.1, -0.05) is 60.7 Å². The predicted molar refractivity (Wildman–Crippen MR) is 111 cm³/mol. The highest BCUT2D eigenvalue weighted by molar-refractivity contribution is 7.21. The molecule has 0 fully saturated rings. The summed E-state index contributed by atoms with van der Waals surface area (Å²) in [5.74, 6) is -0.0322. The van der Waals surface area contributed by atoms with Gasteiger partial charge in [0.2, 0.25) is 5.78 Å². The third kappa shape index (κ3) is 2.56. The first kappa shape index (κ1) is 16.2. The van der Waals surface area contributed by atoms with Crippen molar-refractivity contribution in [1.29, 1.82) is 0 Å². The highest BCUT2D eigenvalue weighted by Crippen LogP contribution is 2.44. The average Bonchev–Trinajstić information content (AvgIpc) is 3.31. The summed E-state index contributed by atoms with van der Waals surface area (Å²) in [6.45, 7) is 0. The van der Waals surface area contributed by atoms with Crippen LogP contribution in [0.5, 0.6) is 0 Å². The van der Waals surface area contributed by atoms with E-state index >= 15 is 0 Å². The Morgan fingerprint density at radius 1 is 0.963 bits per heavy atom. The number of thiophene rings is 1. The number of fused-ring (bicyclic) bond motifs is 2. The fraction of sp³-hybridized carbons (Fsp3) is 0.130. The Kier molecular flexibility index (Phi) is 3.80. The molecule has 5 rings (SSSR count). The largest absolute Gasteiger partial charge is 0.397 e. The summed E-state index contributed by atoms with van der Waals surface area (Å²) >= 11 is 1.42. The maximum absolute atomic E-state index is 13.0. The summed E-state index contributed by atoms with van der Waals surface area (Å²) in [7, 11) is 0. The number of nitrogens with zero attached hydrogens (tertiary/aromatic N) is 1. The van der Waals surface area contributed by atoms with Gasteiger partial charge in [0.1, 0.15) is 9.71 Å². The van der Waals surface area contributed by atoms with Gasteiger partial charge in [0.15, 0.2) is 0 Å². The number of carbonyl (C=O) groups is 1. The number of benzene rings is 2. The summed E-state index contributed by atoms with van der Waals surface area (Å²) in [5, 5.41) is 0.936. The molecule has 0 saturated carbocycles. The van der Waals surface area contributed by atoms with Gasteiger partial charge in [0.05, 0.1) is 5.69 Å². The zero-order chi connectivity index (χ0) is 18.4. The number of anilines is 1. The van der Waals surface area contributed by atoms with Crippen molar-refractivity contribution in [2.45, 2.75) is 19.3 Å². The lowest BCUT2D eigenvalue weighted by molar-refractivity contribution is 0.104. The van der Waals surface area contributed by atoms with Crippen molar-refractivity contribution in [2.75, 3.05) is 5.73 Å². The van der Waals surface area contributed by atoms with Crippen LogP contribution in [0.3, 0.4) is 0 Å². The normalized spacial score (nSPS) is 13.0. The molecule has 0 saturated heterocycles. The number of pyridine rings is 1. The Hall–Kier alpha value is -2.98. The molecule has 1 aliphatic rings. The van der Waals surface area contributed by atoms with E-state index in [0.717, 1.165) is 46.3 Å². The van der Waals surface area contributed by atoms with Gasteiger partial charge >= 0.3 is 0 Å². The van der Waals surface area contributed by atoms with E-state index in [-0.39, 0.29) is 5.78 Å². The number of nitrogens with two attached hydrogens (primary N) is 1. The minimum atomic E-state index is -0.0322. The summed E-state index contributed by atoms with van der Waals surface area (Å²) < 4.78 is 0. The average molecular weight is 370 g/mol. The van der Waals surface area contributed by atoms with Gasteiger partial charge in [-0.05, 0) is 36.0 Å². The van der Waals surface area contributed by atoms with Crippen LogP contribution < -0.4 is 5.73 Å². The minimum Gasteiger partial charge on any atom is -0.397 e. The van der Waals surface area contributed by atoms with Gasteiger partial charge in [-0.3, -0.25) is 4.79 Å². The number of aryl methyl sites for hydroxylation is 1. The van der Waals surface area contributed by atoms with E-state index in [2.05, 4.69) is 12.1 Å². The monoisotopic (exact) mass is 370 g/mol. The molecule has 132 valence electrons. The molecular formula is C23H18N2OS. The van der Waals surface area contributed by atoms with Gasteiger partial charge in [0, 0.05) is 16.6 Å². The number of ketones is 1. The third-order valence-corrected chi connectivity index (χ3v) is 6.31. The molecule has 4 aromatic rings. The zero-order valence-electron chi connectivity index (χ0n) is 14.7. The van der Waals surface area contributed by atoms with Gasteiger partial charge in [-0.2, -0.15) is 0 Å². The van der Waals surface area contributed by atoms with Crippen LogP contribution in [0.15, 0.2) is 60.7 Å². The van der Waals surface area contributed by atoms with Crippen LogP contribution in [0.4, 0.5) is 5.69 Å². The maximum Gasteiger partial charge on any atom is 0.205 e. The zero-order valence-corrected chi connectivity index (χ0v) is 15.6. The first-order valence-electron chi connectivity index (χ1n) is 9.13. The van der Waals surface area contributed by atoms with E-state index in [0.29, 0.717) is 16.1 Å². The first-order valence-corrected chi connectivity index (χ1v) is 9.94. The van der Waals surface area contributed by atoms with Crippen LogP contribution in [-0.4, -0.2) is 10.8 Å². The molecule has 0 spiro atoms. The Balaban J connectivity index is 1.79. The van der Waals surface area contributed by atoms with Gasteiger partial charge in [-0.25, -0.2) is 4.98 Å². The molecule has 0 radical (unpaired) electrons. The van der Waals surface area contributed by atoms with E-state index in [1.54, 1.807) is 0 Å². The van der Waals surface area contributed by atoms with Crippen molar-refractivity contribution < 1.29 is 4.79 Å². The molecule has 4 heteroatoms. The van der Waals surface area contributed by atoms with Crippen LogP contribution in [-0.2, 0) is 12.8 Å². The van der Waals surface area contributed by atoms with Crippen LogP contribution in [0.25, 0.3) is 21.3 Å². The Morgan fingerprint density at radius 3 is 2.41 bits per heavy atom. The molecule has 3 nitrogen and oxygen atoms in total. The van der Waals surface area contributed by atoms with Crippen LogP contribution in [0.1, 0.15) is 32.9 Å². The predicted octanol–water partition coefficient (Wildman–Crippen LogP) is 5.27. The van der Waals surface area contributed by atoms with Crippen molar-refractivity contribution in [2.24, 2.45) is 0 Å². The van der Waals surface area contributed by atoms with Gasteiger partial charge in [-0.15, -0.1) is 11.3 Å². The van der Waals surface area contributed by atoms with E-state index < -0.39 is 0 Å².